The number of para-hydroxylation sites is 2. The van der Waals surface area contributed by atoms with Gasteiger partial charge in [0.15, 0.2) is 0 Å². The minimum absolute atomic E-state index is 0.453. The van der Waals surface area contributed by atoms with Crippen LogP contribution in [0.5, 0.6) is 0 Å². The van der Waals surface area contributed by atoms with Crippen molar-refractivity contribution >= 4 is 71.2 Å². The van der Waals surface area contributed by atoms with Crippen molar-refractivity contribution in [3.8, 4) is 39.1 Å². The Morgan fingerprint density at radius 2 is 0.710 bits per heavy atom. The second kappa shape index (κ2) is 14.5. The Balaban J connectivity index is 0.941. The van der Waals surface area contributed by atoms with Crippen LogP contribution in [-0.4, -0.2) is 4.57 Å². The Kier molecular flexibility index (Phi) is 8.02. The van der Waals surface area contributed by atoms with Crippen LogP contribution in [0.25, 0.3) is 93.2 Å². The van der Waals surface area contributed by atoms with Gasteiger partial charge in [-0.2, -0.15) is 0 Å². The molecule has 0 unspecified atom stereocenters. The third kappa shape index (κ3) is 5.31. The fourth-order valence-corrected chi connectivity index (χ4v) is 12.5. The summed E-state index contributed by atoms with van der Waals surface area (Å²) < 4.78 is 2.38. The van der Waals surface area contributed by atoms with E-state index in [2.05, 4.69) is 264 Å². The Morgan fingerprint density at radius 1 is 0.261 bits per heavy atom. The maximum Gasteiger partial charge on any atom is 0.0726 e. The van der Waals surface area contributed by atoms with Gasteiger partial charge in [0.25, 0.3) is 0 Å². The lowest BCUT2D eigenvalue weighted by Crippen LogP contribution is -2.26. The highest BCUT2D eigenvalue weighted by molar-refractivity contribution is 6.26. The molecule has 2 heteroatoms. The van der Waals surface area contributed by atoms with Gasteiger partial charge in [0, 0.05) is 33.5 Å². The van der Waals surface area contributed by atoms with E-state index >= 15 is 0 Å². The van der Waals surface area contributed by atoms with Gasteiger partial charge in [-0.1, -0.05) is 188 Å². The highest BCUT2D eigenvalue weighted by Gasteiger charge is 2.51. The normalized spacial score (nSPS) is 13.0. The van der Waals surface area contributed by atoms with Gasteiger partial charge in [-0.3, -0.25) is 0 Å². The van der Waals surface area contributed by atoms with Crippen molar-refractivity contribution in [1.82, 2.24) is 4.57 Å². The zero-order valence-electron chi connectivity index (χ0n) is 37.6. The molecule has 13 aromatic rings. The molecule has 1 spiro atoms. The number of hydrogen-bond acceptors (Lipinski definition) is 1. The summed E-state index contributed by atoms with van der Waals surface area (Å²) in [5.41, 5.74) is 19.4. The number of nitrogens with zero attached hydrogens (tertiary/aromatic N) is 2. The summed E-state index contributed by atoms with van der Waals surface area (Å²) in [6.07, 6.45) is 0. The predicted octanol–water partition coefficient (Wildman–Crippen LogP) is 17.7. The van der Waals surface area contributed by atoms with Crippen LogP contribution in [0.1, 0.15) is 22.3 Å². The Labute approximate surface area is 400 Å². The molecule has 0 radical (unpaired) electrons. The van der Waals surface area contributed by atoms with E-state index in [0.29, 0.717) is 0 Å². The van der Waals surface area contributed by atoms with Crippen molar-refractivity contribution in [2.75, 3.05) is 4.90 Å². The van der Waals surface area contributed by atoms with Crippen molar-refractivity contribution in [2.24, 2.45) is 0 Å². The number of hydrogen-bond donors (Lipinski definition) is 0. The van der Waals surface area contributed by atoms with Crippen LogP contribution in [0.2, 0.25) is 0 Å². The number of anilines is 3. The topological polar surface area (TPSA) is 8.17 Å². The van der Waals surface area contributed by atoms with Gasteiger partial charge < -0.3 is 9.47 Å². The fraction of sp³-hybridized carbons (Fsp3) is 0.0149. The number of aromatic nitrogens is 1. The van der Waals surface area contributed by atoms with Gasteiger partial charge in [0.2, 0.25) is 0 Å². The van der Waals surface area contributed by atoms with E-state index in [9.17, 15) is 0 Å². The maximum absolute atomic E-state index is 2.50. The molecule has 1 aromatic heterocycles. The summed E-state index contributed by atoms with van der Waals surface area (Å²) in [6.45, 7) is 0. The zero-order valence-corrected chi connectivity index (χ0v) is 37.6. The third-order valence-electron chi connectivity index (χ3n) is 15.4. The van der Waals surface area contributed by atoms with Crippen LogP contribution < -0.4 is 4.90 Å². The lowest BCUT2D eigenvalue weighted by molar-refractivity contribution is 0.793. The van der Waals surface area contributed by atoms with E-state index in [4.69, 9.17) is 0 Å². The van der Waals surface area contributed by atoms with Gasteiger partial charge in [-0.15, -0.1) is 0 Å². The van der Waals surface area contributed by atoms with E-state index in [1.54, 1.807) is 0 Å². The standard InChI is InChI=1S/C67H42N2/c1-2-16-45(17-3-1)69-65-29-15-11-25-58(65)60-40-44(32-39-66(60)69)43-30-33-46(34-31-43)68(47-35-37-53-51-20-5-4-18-49(51)50-19-6-7-21-52(50)59(53)41-47)48-36-38-57-56-24-10-14-28-63(56)67(64(57)42-48)61-26-12-8-22-54(61)55-23-9-13-27-62(55)67/h1-42H. The molecule has 0 amide bonds. The summed E-state index contributed by atoms with van der Waals surface area (Å²) in [4.78, 5) is 2.48. The Morgan fingerprint density at radius 3 is 1.35 bits per heavy atom. The van der Waals surface area contributed by atoms with Gasteiger partial charge in [0.05, 0.1) is 16.4 Å². The fourth-order valence-electron chi connectivity index (χ4n) is 12.5. The summed E-state index contributed by atoms with van der Waals surface area (Å²) in [6, 6.07) is 94.9. The molecule has 2 aliphatic carbocycles. The highest BCUT2D eigenvalue weighted by atomic mass is 15.1. The van der Waals surface area contributed by atoms with Gasteiger partial charge in [-0.05, 0) is 155 Å². The molecule has 69 heavy (non-hydrogen) atoms. The van der Waals surface area contributed by atoms with E-state index in [0.717, 1.165) is 17.1 Å². The average Bonchev–Trinajstić information content (AvgIpc) is 4.03. The molecule has 0 N–H and O–H groups in total. The summed E-state index contributed by atoms with van der Waals surface area (Å²) in [5, 5.41) is 10.1. The van der Waals surface area contributed by atoms with Crippen LogP contribution in [0.4, 0.5) is 17.1 Å². The Bertz CT molecular complexity index is 4150. The van der Waals surface area contributed by atoms with Crippen LogP contribution >= 0.6 is 0 Å². The summed E-state index contributed by atoms with van der Waals surface area (Å²) in [7, 11) is 0. The largest absolute Gasteiger partial charge is 0.310 e. The smallest absolute Gasteiger partial charge is 0.0726 e. The first-order chi connectivity index (χ1) is 34.2. The first-order valence-electron chi connectivity index (χ1n) is 24.0. The molecule has 15 rings (SSSR count). The number of fused-ring (bicyclic) bond motifs is 19. The van der Waals surface area contributed by atoms with Gasteiger partial charge in [0.1, 0.15) is 0 Å². The quantitative estimate of drug-likeness (QED) is 0.156. The molecular formula is C67H42N2. The van der Waals surface area contributed by atoms with E-state index < -0.39 is 5.41 Å². The first-order valence-corrected chi connectivity index (χ1v) is 24.0. The minimum Gasteiger partial charge on any atom is -0.310 e. The van der Waals surface area contributed by atoms with E-state index in [1.165, 1.54) is 115 Å². The molecule has 2 aliphatic rings. The molecule has 0 saturated carbocycles. The highest BCUT2D eigenvalue weighted by Crippen LogP contribution is 2.63. The molecule has 2 nitrogen and oxygen atoms in total. The SMILES string of the molecule is c1ccc(-n2c3ccccc3c3cc(-c4ccc(N(c5ccc6c(c5)C5(c7ccccc7-c7ccccc75)c5ccccc5-6)c5ccc6c7ccccc7c7ccccc7c6c5)cc4)ccc32)cc1. The van der Waals surface area contributed by atoms with Crippen molar-refractivity contribution < 1.29 is 0 Å². The van der Waals surface area contributed by atoms with Crippen LogP contribution in [0.3, 0.4) is 0 Å². The molecule has 0 aliphatic heterocycles. The van der Waals surface area contributed by atoms with Crippen LogP contribution in [0.15, 0.2) is 255 Å². The summed E-state index contributed by atoms with van der Waals surface area (Å²) in [5.74, 6) is 0. The predicted molar refractivity (Wildman–Crippen MR) is 290 cm³/mol. The van der Waals surface area contributed by atoms with Crippen molar-refractivity contribution in [1.29, 1.82) is 0 Å². The molecule has 0 atom stereocenters. The van der Waals surface area contributed by atoms with Crippen LogP contribution in [-0.2, 0) is 5.41 Å². The molecule has 1 heterocycles. The number of benzene rings is 12. The second-order valence-electron chi connectivity index (χ2n) is 18.7. The van der Waals surface area contributed by atoms with Crippen LogP contribution in [0, 0.1) is 0 Å². The molecular weight excluding hydrogens is 833 g/mol. The zero-order chi connectivity index (χ0) is 45.2. The first kappa shape index (κ1) is 38.2. The van der Waals surface area contributed by atoms with Crippen molar-refractivity contribution in [2.45, 2.75) is 5.41 Å². The Hall–Kier alpha value is -8.98. The lowest BCUT2D eigenvalue weighted by Gasteiger charge is -2.32. The van der Waals surface area contributed by atoms with Crippen molar-refractivity contribution in [3.63, 3.8) is 0 Å². The average molecular weight is 875 g/mol. The minimum atomic E-state index is -0.453. The molecule has 0 bridgehead atoms. The second-order valence-corrected chi connectivity index (χ2v) is 18.7. The molecule has 12 aromatic carbocycles. The number of rotatable bonds is 5. The molecule has 320 valence electrons. The molecule has 0 saturated heterocycles. The molecule has 0 fully saturated rings. The third-order valence-corrected chi connectivity index (χ3v) is 15.4. The maximum atomic E-state index is 2.50. The van der Waals surface area contributed by atoms with Crippen molar-refractivity contribution in [3.05, 3.63) is 277 Å². The van der Waals surface area contributed by atoms with Gasteiger partial charge >= 0.3 is 0 Å². The van der Waals surface area contributed by atoms with E-state index in [1.807, 2.05) is 0 Å². The monoisotopic (exact) mass is 874 g/mol. The lowest BCUT2D eigenvalue weighted by atomic mass is 9.70. The van der Waals surface area contributed by atoms with E-state index in [-0.39, 0.29) is 0 Å². The van der Waals surface area contributed by atoms with Gasteiger partial charge in [-0.25, -0.2) is 0 Å². The summed E-state index contributed by atoms with van der Waals surface area (Å²) >= 11 is 0.